The van der Waals surface area contributed by atoms with Gasteiger partial charge in [0.1, 0.15) is 5.82 Å². The third-order valence-electron chi connectivity index (χ3n) is 1.95. The molecule has 1 aromatic carbocycles. The summed E-state index contributed by atoms with van der Waals surface area (Å²) in [6.45, 7) is 0. The predicted molar refractivity (Wildman–Crippen MR) is 55.2 cm³/mol. The van der Waals surface area contributed by atoms with Gasteiger partial charge in [0.15, 0.2) is 5.82 Å². The molecule has 0 fully saturated rings. The summed E-state index contributed by atoms with van der Waals surface area (Å²) in [6.07, 6.45) is 0. The zero-order valence-corrected chi connectivity index (χ0v) is 7.81. The predicted octanol–water partition coefficient (Wildman–Crippen LogP) is 1.57. The number of anilines is 1. The monoisotopic (exact) mass is 204 g/mol. The van der Waals surface area contributed by atoms with Crippen molar-refractivity contribution in [3.05, 3.63) is 42.2 Å². The third-order valence-corrected chi connectivity index (χ3v) is 1.95. The summed E-state index contributed by atoms with van der Waals surface area (Å²) in [7, 11) is 0. The van der Waals surface area contributed by atoms with Crippen LogP contribution in [0.25, 0.3) is 11.3 Å². The highest BCUT2D eigenvalue weighted by Crippen LogP contribution is 2.16. The van der Waals surface area contributed by atoms with Crippen LogP contribution in [-0.2, 0) is 0 Å². The van der Waals surface area contributed by atoms with E-state index in [4.69, 9.17) is 5.84 Å². The van der Waals surface area contributed by atoms with E-state index in [2.05, 4.69) is 15.6 Å². The van der Waals surface area contributed by atoms with Gasteiger partial charge in [0.05, 0.1) is 5.69 Å². The van der Waals surface area contributed by atoms with Crippen LogP contribution in [0.5, 0.6) is 0 Å². The van der Waals surface area contributed by atoms with Gasteiger partial charge in [0.25, 0.3) is 0 Å². The Morgan fingerprint density at radius 3 is 2.27 bits per heavy atom. The molecule has 2 rings (SSSR count). The number of nitrogens with one attached hydrogen (secondary N) is 1. The Balaban J connectivity index is 2.33. The normalized spacial score (nSPS) is 10.0. The van der Waals surface area contributed by atoms with E-state index in [9.17, 15) is 4.39 Å². The maximum Gasteiger partial charge on any atom is 0.162 e. The molecule has 0 aliphatic rings. The van der Waals surface area contributed by atoms with E-state index < -0.39 is 0 Å². The molecule has 5 heteroatoms. The quantitative estimate of drug-likeness (QED) is 0.575. The summed E-state index contributed by atoms with van der Waals surface area (Å²) in [5, 5.41) is 7.75. The van der Waals surface area contributed by atoms with Crippen molar-refractivity contribution < 1.29 is 4.39 Å². The Bertz CT molecular complexity index is 438. The minimum atomic E-state index is -0.271. The number of hydrogen-bond donors (Lipinski definition) is 2. The molecule has 2 aromatic rings. The van der Waals surface area contributed by atoms with Gasteiger partial charge in [-0.25, -0.2) is 10.2 Å². The first kappa shape index (κ1) is 9.54. The molecule has 0 aliphatic carbocycles. The number of nitrogen functional groups attached to an aromatic ring is 1. The molecule has 0 aliphatic heterocycles. The van der Waals surface area contributed by atoms with Crippen molar-refractivity contribution in [2.75, 3.05) is 5.43 Å². The smallest absolute Gasteiger partial charge is 0.162 e. The molecule has 0 atom stereocenters. The summed E-state index contributed by atoms with van der Waals surface area (Å²) in [6, 6.07) is 9.52. The molecule has 0 radical (unpaired) electrons. The van der Waals surface area contributed by atoms with Crippen LogP contribution >= 0.6 is 0 Å². The average molecular weight is 204 g/mol. The molecule has 0 amide bonds. The Labute approximate surface area is 85.9 Å². The van der Waals surface area contributed by atoms with E-state index in [1.54, 1.807) is 24.3 Å². The number of nitrogens with two attached hydrogens (primary N) is 1. The molecule has 1 heterocycles. The van der Waals surface area contributed by atoms with Crippen LogP contribution < -0.4 is 11.3 Å². The summed E-state index contributed by atoms with van der Waals surface area (Å²) < 4.78 is 12.7. The minimum Gasteiger partial charge on any atom is -0.307 e. The first-order valence-corrected chi connectivity index (χ1v) is 4.36. The zero-order valence-electron chi connectivity index (χ0n) is 7.81. The van der Waals surface area contributed by atoms with Gasteiger partial charge in [-0.3, -0.25) is 0 Å². The van der Waals surface area contributed by atoms with Crippen LogP contribution in [0.2, 0.25) is 0 Å². The number of aromatic nitrogens is 2. The lowest BCUT2D eigenvalue weighted by molar-refractivity contribution is 0.628. The number of rotatable bonds is 2. The number of nitrogens with zero attached hydrogens (tertiary/aromatic N) is 2. The Morgan fingerprint density at radius 2 is 1.73 bits per heavy atom. The standard InChI is InChI=1S/C10H9FN4/c11-8-3-1-7(2-4-8)9-5-6-10(13-12)15-14-9/h1-6H,12H2,(H,13,15). The number of benzene rings is 1. The lowest BCUT2D eigenvalue weighted by Crippen LogP contribution is -2.08. The van der Waals surface area contributed by atoms with Crippen molar-refractivity contribution in [3.8, 4) is 11.3 Å². The fourth-order valence-electron chi connectivity index (χ4n) is 1.18. The lowest BCUT2D eigenvalue weighted by Gasteiger charge is -2.01. The topological polar surface area (TPSA) is 63.8 Å². The highest BCUT2D eigenvalue weighted by Gasteiger charge is 2.00. The molecule has 0 bridgehead atoms. The van der Waals surface area contributed by atoms with Crippen molar-refractivity contribution in [2.45, 2.75) is 0 Å². The van der Waals surface area contributed by atoms with Crippen LogP contribution in [0.15, 0.2) is 36.4 Å². The van der Waals surface area contributed by atoms with Crippen LogP contribution in [0.3, 0.4) is 0 Å². The Kier molecular flexibility index (Phi) is 2.55. The van der Waals surface area contributed by atoms with Crippen molar-refractivity contribution in [1.29, 1.82) is 0 Å². The van der Waals surface area contributed by atoms with Gasteiger partial charge in [-0.15, -0.1) is 10.2 Å². The minimum absolute atomic E-state index is 0.271. The molecule has 0 unspecified atom stereocenters. The van der Waals surface area contributed by atoms with Crippen molar-refractivity contribution >= 4 is 5.82 Å². The average Bonchev–Trinajstić information content (AvgIpc) is 2.30. The van der Waals surface area contributed by atoms with E-state index in [-0.39, 0.29) is 5.82 Å². The van der Waals surface area contributed by atoms with Gasteiger partial charge >= 0.3 is 0 Å². The van der Waals surface area contributed by atoms with Gasteiger partial charge < -0.3 is 5.43 Å². The largest absolute Gasteiger partial charge is 0.307 e. The highest BCUT2D eigenvalue weighted by molar-refractivity contribution is 5.59. The van der Waals surface area contributed by atoms with Crippen LogP contribution in [0.1, 0.15) is 0 Å². The van der Waals surface area contributed by atoms with Gasteiger partial charge in [0.2, 0.25) is 0 Å². The van der Waals surface area contributed by atoms with Crippen LogP contribution in [-0.4, -0.2) is 10.2 Å². The molecule has 76 valence electrons. The molecule has 1 aromatic heterocycles. The molecular weight excluding hydrogens is 195 g/mol. The van der Waals surface area contributed by atoms with E-state index >= 15 is 0 Å². The first-order valence-electron chi connectivity index (χ1n) is 4.36. The SMILES string of the molecule is NNc1ccc(-c2ccc(F)cc2)nn1. The first-order chi connectivity index (χ1) is 7.29. The second kappa shape index (κ2) is 4.02. The summed E-state index contributed by atoms with van der Waals surface area (Å²) in [5.41, 5.74) is 3.87. The van der Waals surface area contributed by atoms with Gasteiger partial charge in [-0.1, -0.05) is 0 Å². The summed E-state index contributed by atoms with van der Waals surface area (Å²) >= 11 is 0. The van der Waals surface area contributed by atoms with Crippen molar-refractivity contribution in [1.82, 2.24) is 10.2 Å². The van der Waals surface area contributed by atoms with E-state index in [1.165, 1.54) is 12.1 Å². The number of hydrazine groups is 1. The Morgan fingerprint density at radius 1 is 1.00 bits per heavy atom. The Hall–Kier alpha value is -2.01. The number of hydrogen-bond acceptors (Lipinski definition) is 4. The molecular formula is C10H9FN4. The highest BCUT2D eigenvalue weighted by atomic mass is 19.1. The fourth-order valence-corrected chi connectivity index (χ4v) is 1.18. The zero-order chi connectivity index (χ0) is 10.7. The molecule has 15 heavy (non-hydrogen) atoms. The maximum atomic E-state index is 12.7. The van der Waals surface area contributed by atoms with Crippen LogP contribution in [0, 0.1) is 5.82 Å². The molecule has 0 spiro atoms. The maximum absolute atomic E-state index is 12.7. The second-order valence-corrected chi connectivity index (χ2v) is 2.96. The molecule has 4 nitrogen and oxygen atoms in total. The van der Waals surface area contributed by atoms with E-state index in [1.807, 2.05) is 0 Å². The van der Waals surface area contributed by atoms with Gasteiger partial charge in [-0.05, 0) is 36.4 Å². The fraction of sp³-hybridized carbons (Fsp3) is 0. The van der Waals surface area contributed by atoms with Crippen molar-refractivity contribution in [2.24, 2.45) is 5.84 Å². The van der Waals surface area contributed by atoms with Crippen LogP contribution in [0.4, 0.5) is 10.2 Å². The van der Waals surface area contributed by atoms with E-state index in [0.717, 1.165) is 5.56 Å². The second-order valence-electron chi connectivity index (χ2n) is 2.96. The third kappa shape index (κ3) is 2.08. The summed E-state index contributed by atoms with van der Waals surface area (Å²) in [4.78, 5) is 0. The summed E-state index contributed by atoms with van der Waals surface area (Å²) in [5.74, 6) is 5.37. The molecule has 0 saturated heterocycles. The van der Waals surface area contributed by atoms with Crippen molar-refractivity contribution in [3.63, 3.8) is 0 Å². The molecule has 0 saturated carbocycles. The van der Waals surface area contributed by atoms with E-state index in [0.29, 0.717) is 11.5 Å². The lowest BCUT2D eigenvalue weighted by atomic mass is 10.1. The van der Waals surface area contributed by atoms with Gasteiger partial charge in [0, 0.05) is 5.56 Å². The number of halogens is 1. The van der Waals surface area contributed by atoms with Gasteiger partial charge in [-0.2, -0.15) is 0 Å². The molecule has 3 N–H and O–H groups in total.